The molecule has 172 valence electrons. The first-order valence-electron chi connectivity index (χ1n) is 11.5. The van der Waals surface area contributed by atoms with Crippen molar-refractivity contribution in [3.8, 4) is 0 Å². The number of benzene rings is 1. The Morgan fingerprint density at radius 1 is 1.16 bits per heavy atom. The van der Waals surface area contributed by atoms with Crippen molar-refractivity contribution in [3.05, 3.63) is 60.2 Å². The zero-order valence-electron chi connectivity index (χ0n) is 18.8. The second-order valence-electron chi connectivity index (χ2n) is 8.73. The highest BCUT2D eigenvalue weighted by Crippen LogP contribution is 2.36. The Morgan fingerprint density at radius 3 is 2.61 bits per heavy atom. The Balaban J connectivity index is 1.77. The van der Waals surface area contributed by atoms with Gasteiger partial charge in [-0.15, -0.1) is 0 Å². The highest BCUT2D eigenvalue weighted by Gasteiger charge is 2.39. The third kappa shape index (κ3) is 9.38. The van der Waals surface area contributed by atoms with Crippen molar-refractivity contribution in [1.82, 2.24) is 0 Å². The topological polar surface area (TPSA) is 87.0 Å². The molecule has 1 unspecified atom stereocenters. The Kier molecular flexibility index (Phi) is 11.0. The van der Waals surface area contributed by atoms with Crippen LogP contribution in [0, 0.1) is 11.8 Å². The van der Waals surface area contributed by atoms with Crippen molar-refractivity contribution in [3.63, 3.8) is 0 Å². The first kappa shape index (κ1) is 25.3. The van der Waals surface area contributed by atoms with Gasteiger partial charge in [0.1, 0.15) is 0 Å². The van der Waals surface area contributed by atoms with Gasteiger partial charge in [-0.25, -0.2) is 0 Å². The van der Waals surface area contributed by atoms with Crippen LogP contribution in [0.3, 0.4) is 0 Å². The predicted octanol–water partition coefficient (Wildman–Crippen LogP) is 3.96. The summed E-state index contributed by atoms with van der Waals surface area (Å²) in [6.07, 6.45) is 10.2. The largest absolute Gasteiger partial charge is 0.463 e. The van der Waals surface area contributed by atoms with E-state index in [2.05, 4.69) is 0 Å². The fourth-order valence-electron chi connectivity index (χ4n) is 4.08. The molecule has 0 heterocycles. The monoisotopic (exact) mass is 430 g/mol. The minimum Gasteiger partial charge on any atom is -0.463 e. The molecule has 1 fully saturated rings. The van der Waals surface area contributed by atoms with E-state index in [1.165, 1.54) is 5.56 Å². The van der Waals surface area contributed by atoms with Gasteiger partial charge in [0.15, 0.2) is 0 Å². The number of carbonyl (C=O) groups excluding carboxylic acids is 1. The smallest absolute Gasteiger partial charge is 0.306 e. The maximum Gasteiger partial charge on any atom is 0.306 e. The molecule has 0 radical (unpaired) electrons. The summed E-state index contributed by atoms with van der Waals surface area (Å²) in [5.74, 6) is -0.421. The second kappa shape index (κ2) is 13.5. The van der Waals surface area contributed by atoms with Gasteiger partial charge < -0.3 is 20.1 Å². The number of allylic oxidation sites excluding steroid dienone is 2. The molecule has 1 saturated carbocycles. The number of hydrogen-bond donors (Lipinski definition) is 3. The predicted molar refractivity (Wildman–Crippen MR) is 122 cm³/mol. The minimum atomic E-state index is -0.600. The van der Waals surface area contributed by atoms with Crippen molar-refractivity contribution in [2.45, 2.75) is 83.2 Å². The van der Waals surface area contributed by atoms with Gasteiger partial charge in [0, 0.05) is 18.8 Å². The molecular formula is C26H38O5. The lowest BCUT2D eigenvalue weighted by Gasteiger charge is -2.19. The summed E-state index contributed by atoms with van der Waals surface area (Å²) in [6.45, 7) is 3.68. The number of ether oxygens (including phenoxy) is 1. The van der Waals surface area contributed by atoms with E-state index in [4.69, 9.17) is 4.74 Å². The molecule has 5 heteroatoms. The van der Waals surface area contributed by atoms with E-state index in [1.54, 1.807) is 6.08 Å². The van der Waals surface area contributed by atoms with Crippen LogP contribution >= 0.6 is 0 Å². The Bertz CT molecular complexity index is 697. The summed E-state index contributed by atoms with van der Waals surface area (Å²) in [5.41, 5.74) is 1.19. The number of carbonyl (C=O) groups is 1. The first-order valence-corrected chi connectivity index (χ1v) is 11.5. The number of unbranched alkanes of at least 4 members (excludes halogenated alkanes) is 1. The van der Waals surface area contributed by atoms with Crippen LogP contribution in [-0.4, -0.2) is 45.7 Å². The average molecular weight is 431 g/mol. The molecule has 0 aliphatic heterocycles. The molecule has 0 amide bonds. The summed E-state index contributed by atoms with van der Waals surface area (Å²) >= 11 is 0. The van der Waals surface area contributed by atoms with Crippen LogP contribution in [0.15, 0.2) is 54.6 Å². The third-order valence-electron chi connectivity index (χ3n) is 5.74. The van der Waals surface area contributed by atoms with E-state index >= 15 is 0 Å². The highest BCUT2D eigenvalue weighted by molar-refractivity contribution is 5.69. The van der Waals surface area contributed by atoms with Crippen LogP contribution in [0.4, 0.5) is 0 Å². The van der Waals surface area contributed by atoms with Gasteiger partial charge in [-0.2, -0.15) is 0 Å². The van der Waals surface area contributed by atoms with Gasteiger partial charge in [-0.1, -0.05) is 54.6 Å². The van der Waals surface area contributed by atoms with Crippen LogP contribution in [0.1, 0.15) is 57.9 Å². The zero-order valence-corrected chi connectivity index (χ0v) is 18.8. The Labute approximate surface area is 186 Å². The van der Waals surface area contributed by atoms with E-state index in [-0.39, 0.29) is 23.9 Å². The molecule has 2 rings (SSSR count). The lowest BCUT2D eigenvalue weighted by atomic mass is 9.89. The molecule has 31 heavy (non-hydrogen) atoms. The van der Waals surface area contributed by atoms with E-state index in [0.29, 0.717) is 25.7 Å². The van der Waals surface area contributed by atoms with E-state index in [0.717, 1.165) is 19.3 Å². The third-order valence-corrected chi connectivity index (χ3v) is 5.74. The average Bonchev–Trinajstić information content (AvgIpc) is 3.00. The fourth-order valence-corrected chi connectivity index (χ4v) is 4.08. The lowest BCUT2D eigenvalue weighted by Crippen LogP contribution is -2.20. The van der Waals surface area contributed by atoms with Crippen LogP contribution in [0.25, 0.3) is 0 Å². The lowest BCUT2D eigenvalue weighted by molar-refractivity contribution is -0.147. The van der Waals surface area contributed by atoms with Gasteiger partial charge in [0.2, 0.25) is 0 Å². The molecule has 1 aromatic rings. The SMILES string of the molecule is CC(C)OC(=O)CCC/C=C\C[C@@H]1[C@@H](/C=C/C(O)CCc2ccccc2)[C@H](O)C[C@@H]1O. The van der Waals surface area contributed by atoms with Crippen LogP contribution in [0.5, 0.6) is 0 Å². The van der Waals surface area contributed by atoms with Crippen molar-refractivity contribution >= 4 is 5.97 Å². The van der Waals surface area contributed by atoms with Crippen molar-refractivity contribution in [2.75, 3.05) is 0 Å². The highest BCUT2D eigenvalue weighted by atomic mass is 16.5. The minimum absolute atomic E-state index is 0.0743. The normalized spacial score (nSPS) is 25.0. The van der Waals surface area contributed by atoms with E-state index in [1.807, 2.05) is 62.4 Å². The number of aliphatic hydroxyl groups is 3. The number of rotatable bonds is 12. The molecule has 0 saturated heterocycles. The summed E-state index contributed by atoms with van der Waals surface area (Å²) in [5, 5.41) is 31.0. The van der Waals surface area contributed by atoms with Crippen molar-refractivity contribution in [1.29, 1.82) is 0 Å². The maximum atomic E-state index is 11.5. The van der Waals surface area contributed by atoms with Crippen LogP contribution in [-0.2, 0) is 16.0 Å². The summed E-state index contributed by atoms with van der Waals surface area (Å²) in [4.78, 5) is 11.5. The molecule has 5 atom stereocenters. The number of aliphatic hydroxyl groups excluding tert-OH is 3. The Hall–Kier alpha value is -1.95. The summed E-state index contributed by atoms with van der Waals surface area (Å²) in [6, 6.07) is 10.0. The zero-order chi connectivity index (χ0) is 22.6. The van der Waals surface area contributed by atoms with E-state index < -0.39 is 18.3 Å². The maximum absolute atomic E-state index is 11.5. The molecule has 1 aliphatic carbocycles. The van der Waals surface area contributed by atoms with Crippen molar-refractivity contribution in [2.24, 2.45) is 11.8 Å². The van der Waals surface area contributed by atoms with Gasteiger partial charge in [-0.3, -0.25) is 4.79 Å². The molecule has 5 nitrogen and oxygen atoms in total. The van der Waals surface area contributed by atoms with Gasteiger partial charge in [0.05, 0.1) is 24.4 Å². The van der Waals surface area contributed by atoms with Gasteiger partial charge >= 0.3 is 5.97 Å². The quantitative estimate of drug-likeness (QED) is 0.265. The molecule has 0 bridgehead atoms. The van der Waals surface area contributed by atoms with Gasteiger partial charge in [0.25, 0.3) is 0 Å². The summed E-state index contributed by atoms with van der Waals surface area (Å²) in [7, 11) is 0. The Morgan fingerprint density at radius 2 is 1.90 bits per heavy atom. The van der Waals surface area contributed by atoms with Crippen LogP contribution < -0.4 is 0 Å². The first-order chi connectivity index (χ1) is 14.9. The van der Waals surface area contributed by atoms with Gasteiger partial charge in [-0.05, 0) is 57.4 Å². The van der Waals surface area contributed by atoms with Crippen LogP contribution in [0.2, 0.25) is 0 Å². The number of esters is 1. The molecule has 0 aromatic heterocycles. The summed E-state index contributed by atoms with van der Waals surface area (Å²) < 4.78 is 5.11. The number of hydrogen-bond acceptors (Lipinski definition) is 5. The molecular weight excluding hydrogens is 392 g/mol. The van der Waals surface area contributed by atoms with Crippen molar-refractivity contribution < 1.29 is 24.9 Å². The second-order valence-corrected chi connectivity index (χ2v) is 8.73. The molecule has 1 aliphatic rings. The standard InChI is InChI=1S/C26H38O5/c1-19(2)31-26(30)13-9-4-3-8-12-22-23(25(29)18-24(22)28)17-16-21(27)15-14-20-10-6-5-7-11-20/h3,5-8,10-11,16-17,19,21-25,27-29H,4,9,12-15,18H2,1-2H3/b8-3-,17-16+/t21?,22-,23-,24+,25-/m1/s1. The van der Waals surface area contributed by atoms with E-state index in [9.17, 15) is 20.1 Å². The molecule has 0 spiro atoms. The molecule has 3 N–H and O–H groups in total. The molecule has 1 aromatic carbocycles. The fraction of sp³-hybridized carbons (Fsp3) is 0.577. The number of aryl methyl sites for hydroxylation is 1.